The maximum atomic E-state index is 11.8. The van der Waals surface area contributed by atoms with E-state index in [1.54, 1.807) is 19.1 Å². The third-order valence-electron chi connectivity index (χ3n) is 2.60. The van der Waals surface area contributed by atoms with Crippen LogP contribution in [0.15, 0.2) is 17.7 Å². The van der Waals surface area contributed by atoms with Gasteiger partial charge in [0.05, 0.1) is 10.2 Å². The van der Waals surface area contributed by atoms with E-state index in [1.807, 2.05) is 22.6 Å². The van der Waals surface area contributed by atoms with Gasteiger partial charge < -0.3 is 9.84 Å². The molecule has 0 saturated carbocycles. The fourth-order valence-corrected chi connectivity index (χ4v) is 2.53. The molecule has 6 nitrogen and oxygen atoms in total. The molecule has 1 heterocycles. The summed E-state index contributed by atoms with van der Waals surface area (Å²) in [6, 6.07) is 3.19. The fraction of sp³-hybridized carbons (Fsp3) is 0.154. The van der Waals surface area contributed by atoms with Crippen molar-refractivity contribution in [3.8, 4) is 11.5 Å². The summed E-state index contributed by atoms with van der Waals surface area (Å²) < 4.78 is 5.87. The van der Waals surface area contributed by atoms with Crippen molar-refractivity contribution in [1.82, 2.24) is 10.6 Å². The molecule has 1 fully saturated rings. The van der Waals surface area contributed by atoms with Crippen molar-refractivity contribution in [3.05, 3.63) is 26.8 Å². The third-order valence-corrected chi connectivity index (χ3v) is 3.63. The van der Waals surface area contributed by atoms with E-state index in [1.165, 1.54) is 6.08 Å². The minimum absolute atomic E-state index is 0.0163. The van der Waals surface area contributed by atoms with Crippen LogP contribution >= 0.6 is 34.8 Å². The first-order valence-corrected chi connectivity index (χ1v) is 7.44. The van der Waals surface area contributed by atoms with Crippen LogP contribution in [0.2, 0.25) is 0 Å². The summed E-state index contributed by atoms with van der Waals surface area (Å²) in [6.07, 6.45) is 1.41. The molecule has 3 N–H and O–H groups in total. The van der Waals surface area contributed by atoms with Crippen molar-refractivity contribution in [3.63, 3.8) is 0 Å². The summed E-state index contributed by atoms with van der Waals surface area (Å²) in [5, 5.41) is 14.6. The van der Waals surface area contributed by atoms with Crippen LogP contribution in [0.3, 0.4) is 0 Å². The lowest BCUT2D eigenvalue weighted by atomic mass is 10.1. The lowest BCUT2D eigenvalue weighted by molar-refractivity contribution is -0.123. The number of benzene rings is 1. The minimum atomic E-state index is -0.565. The largest absolute Gasteiger partial charge is 0.504 e. The second-order valence-corrected chi connectivity index (χ2v) is 5.65. The summed E-state index contributed by atoms with van der Waals surface area (Å²) in [4.78, 5) is 23.5. The van der Waals surface area contributed by atoms with Gasteiger partial charge in [0.15, 0.2) is 16.6 Å². The zero-order valence-electron chi connectivity index (χ0n) is 10.9. The number of hydrogen-bond donors (Lipinski definition) is 3. The molecule has 0 atom stereocenters. The number of amides is 2. The normalized spacial score (nSPS) is 14.6. The van der Waals surface area contributed by atoms with Gasteiger partial charge in [-0.15, -0.1) is 0 Å². The molecule has 1 aliphatic heterocycles. The summed E-state index contributed by atoms with van der Waals surface area (Å²) in [5.74, 6) is -0.809. The average Bonchev–Trinajstić information content (AvgIpc) is 2.39. The standard InChI is InChI=1S/C13H11IN2O4S/c1-2-20-9-5-6(4-8(14)10(9)17)3-7-11(18)15-13(21)16-12(7)19/h3-5,17H,2H2,1H3,(H2,15,16,18,19,21). The van der Waals surface area contributed by atoms with Crippen molar-refractivity contribution in [2.75, 3.05) is 6.61 Å². The first-order chi connectivity index (χ1) is 9.92. The van der Waals surface area contributed by atoms with Gasteiger partial charge in [-0.05, 0) is 65.5 Å². The summed E-state index contributed by atoms with van der Waals surface area (Å²) >= 11 is 6.67. The van der Waals surface area contributed by atoms with E-state index < -0.39 is 11.8 Å². The Morgan fingerprint density at radius 2 is 1.95 bits per heavy atom. The highest BCUT2D eigenvalue weighted by Crippen LogP contribution is 2.33. The van der Waals surface area contributed by atoms with Crippen molar-refractivity contribution in [2.24, 2.45) is 0 Å². The SMILES string of the molecule is CCOc1cc(C=C2C(=O)NC(=S)NC2=O)cc(I)c1O. The zero-order chi connectivity index (χ0) is 15.6. The van der Waals surface area contributed by atoms with Gasteiger partial charge in [0, 0.05) is 0 Å². The predicted octanol–water partition coefficient (Wildman–Crippen LogP) is 1.31. The van der Waals surface area contributed by atoms with Gasteiger partial charge in [-0.1, -0.05) is 0 Å². The molecular formula is C13H11IN2O4S. The van der Waals surface area contributed by atoms with Crippen LogP contribution in [0.1, 0.15) is 12.5 Å². The van der Waals surface area contributed by atoms with Gasteiger partial charge in [0.1, 0.15) is 5.57 Å². The molecule has 1 saturated heterocycles. The number of carbonyl (C=O) groups is 2. The van der Waals surface area contributed by atoms with Crippen molar-refractivity contribution in [1.29, 1.82) is 0 Å². The van der Waals surface area contributed by atoms with Crippen LogP contribution in [-0.2, 0) is 9.59 Å². The maximum Gasteiger partial charge on any atom is 0.263 e. The van der Waals surface area contributed by atoms with Crippen LogP contribution < -0.4 is 15.4 Å². The van der Waals surface area contributed by atoms with E-state index in [4.69, 9.17) is 17.0 Å². The third kappa shape index (κ3) is 3.50. The molecule has 2 amide bonds. The van der Waals surface area contributed by atoms with Gasteiger partial charge in [-0.3, -0.25) is 20.2 Å². The van der Waals surface area contributed by atoms with Crippen LogP contribution in [-0.4, -0.2) is 28.6 Å². The quantitative estimate of drug-likeness (QED) is 0.298. The molecule has 0 bridgehead atoms. The smallest absolute Gasteiger partial charge is 0.263 e. The van der Waals surface area contributed by atoms with Crippen molar-refractivity contribution >= 4 is 57.8 Å². The van der Waals surface area contributed by atoms with Gasteiger partial charge in [0.25, 0.3) is 11.8 Å². The lowest BCUT2D eigenvalue weighted by Crippen LogP contribution is -2.51. The van der Waals surface area contributed by atoms with E-state index >= 15 is 0 Å². The van der Waals surface area contributed by atoms with E-state index in [2.05, 4.69) is 10.6 Å². The Bertz CT molecular complexity index is 650. The molecule has 0 radical (unpaired) electrons. The molecule has 1 aromatic carbocycles. The molecular weight excluding hydrogens is 407 g/mol. The molecule has 0 aromatic heterocycles. The number of carbonyl (C=O) groups excluding carboxylic acids is 2. The van der Waals surface area contributed by atoms with Crippen molar-refractivity contribution in [2.45, 2.75) is 6.92 Å². The van der Waals surface area contributed by atoms with E-state index in [-0.39, 0.29) is 16.4 Å². The Kier molecular flexibility index (Phi) is 4.78. The summed E-state index contributed by atoms with van der Waals surface area (Å²) in [6.45, 7) is 2.18. The average molecular weight is 418 g/mol. The highest BCUT2D eigenvalue weighted by molar-refractivity contribution is 14.1. The van der Waals surface area contributed by atoms with E-state index in [0.717, 1.165) is 0 Å². The minimum Gasteiger partial charge on any atom is -0.504 e. The highest BCUT2D eigenvalue weighted by atomic mass is 127. The Hall–Kier alpha value is -1.68. The van der Waals surface area contributed by atoms with Crippen LogP contribution in [0.5, 0.6) is 11.5 Å². The molecule has 2 rings (SSSR count). The number of nitrogens with one attached hydrogen (secondary N) is 2. The topological polar surface area (TPSA) is 87.7 Å². The molecule has 110 valence electrons. The number of thiocarbonyl (C=S) groups is 1. The number of phenols is 1. The second kappa shape index (κ2) is 6.39. The highest BCUT2D eigenvalue weighted by Gasteiger charge is 2.25. The van der Waals surface area contributed by atoms with Crippen LogP contribution in [0, 0.1) is 3.57 Å². The van der Waals surface area contributed by atoms with E-state index in [9.17, 15) is 14.7 Å². The number of halogens is 1. The van der Waals surface area contributed by atoms with Crippen molar-refractivity contribution < 1.29 is 19.4 Å². The monoisotopic (exact) mass is 418 g/mol. The Labute approximate surface area is 139 Å². The zero-order valence-corrected chi connectivity index (χ0v) is 13.9. The van der Waals surface area contributed by atoms with Crippen LogP contribution in [0.4, 0.5) is 0 Å². The first-order valence-electron chi connectivity index (χ1n) is 5.96. The molecule has 1 aromatic rings. The fourth-order valence-electron chi connectivity index (χ4n) is 1.72. The predicted molar refractivity (Wildman–Crippen MR) is 88.9 cm³/mol. The van der Waals surface area contributed by atoms with E-state index in [0.29, 0.717) is 21.5 Å². The van der Waals surface area contributed by atoms with Gasteiger partial charge in [-0.2, -0.15) is 0 Å². The van der Waals surface area contributed by atoms with Gasteiger partial charge >= 0.3 is 0 Å². The second-order valence-electron chi connectivity index (χ2n) is 4.08. The Balaban J connectivity index is 2.42. The molecule has 0 unspecified atom stereocenters. The maximum absolute atomic E-state index is 11.8. The molecule has 0 aliphatic carbocycles. The number of rotatable bonds is 3. The summed E-state index contributed by atoms with van der Waals surface area (Å²) in [7, 11) is 0. The lowest BCUT2D eigenvalue weighted by Gasteiger charge is -2.16. The number of hydrogen-bond acceptors (Lipinski definition) is 5. The van der Waals surface area contributed by atoms with Gasteiger partial charge in [0.2, 0.25) is 0 Å². The Morgan fingerprint density at radius 1 is 1.33 bits per heavy atom. The molecule has 21 heavy (non-hydrogen) atoms. The van der Waals surface area contributed by atoms with Crippen LogP contribution in [0.25, 0.3) is 6.08 Å². The Morgan fingerprint density at radius 3 is 2.52 bits per heavy atom. The van der Waals surface area contributed by atoms with Gasteiger partial charge in [-0.25, -0.2) is 0 Å². The number of phenolic OH excluding ortho intramolecular Hbond substituents is 1. The number of aromatic hydroxyl groups is 1. The molecule has 8 heteroatoms. The summed E-state index contributed by atoms with van der Waals surface area (Å²) in [5.41, 5.74) is 0.501. The first kappa shape index (κ1) is 15.7. The molecule has 0 spiro atoms. The molecule has 1 aliphatic rings. The number of ether oxygens (including phenoxy) is 1.